The van der Waals surface area contributed by atoms with Crippen LogP contribution in [-0.2, 0) is 4.74 Å². The van der Waals surface area contributed by atoms with Crippen LogP contribution in [-0.4, -0.2) is 42.3 Å². The predicted molar refractivity (Wildman–Crippen MR) is 84.9 cm³/mol. The van der Waals surface area contributed by atoms with Gasteiger partial charge in [-0.1, -0.05) is 26.7 Å². The smallest absolute Gasteiger partial charge is 0.0670 e. The van der Waals surface area contributed by atoms with Gasteiger partial charge < -0.3 is 10.5 Å². The number of hydrogen-bond donors (Lipinski definition) is 1. The summed E-state index contributed by atoms with van der Waals surface area (Å²) in [6, 6.07) is 0.710. The highest BCUT2D eigenvalue weighted by atomic mass is 16.5. The molecule has 1 aliphatic heterocycles. The molecule has 1 aliphatic carbocycles. The maximum absolute atomic E-state index is 6.26. The van der Waals surface area contributed by atoms with E-state index in [1.807, 2.05) is 0 Å². The van der Waals surface area contributed by atoms with E-state index in [9.17, 15) is 0 Å². The SMILES string of the molecule is CCC1(C)CC(CN)(N(C)C2CCCC(C)C2)CCO1. The minimum Gasteiger partial charge on any atom is -0.375 e. The number of likely N-dealkylation sites (N-methyl/N-ethyl adjacent to an activating group) is 1. The van der Waals surface area contributed by atoms with E-state index in [0.29, 0.717) is 6.04 Å². The van der Waals surface area contributed by atoms with Crippen molar-refractivity contribution in [2.24, 2.45) is 11.7 Å². The van der Waals surface area contributed by atoms with Gasteiger partial charge in [0.2, 0.25) is 0 Å². The second-order valence-corrected chi connectivity index (χ2v) is 7.54. The maximum atomic E-state index is 6.26. The molecule has 0 aromatic rings. The molecule has 3 nitrogen and oxygen atoms in total. The van der Waals surface area contributed by atoms with E-state index in [1.165, 1.54) is 25.7 Å². The van der Waals surface area contributed by atoms with Crippen molar-refractivity contribution in [3.8, 4) is 0 Å². The van der Waals surface area contributed by atoms with Gasteiger partial charge in [0.15, 0.2) is 0 Å². The Morgan fingerprint density at radius 1 is 1.35 bits per heavy atom. The Hall–Kier alpha value is -0.120. The van der Waals surface area contributed by atoms with E-state index >= 15 is 0 Å². The second kappa shape index (κ2) is 6.33. The summed E-state index contributed by atoms with van der Waals surface area (Å²) in [6.07, 6.45) is 8.68. The third-order valence-electron chi connectivity index (χ3n) is 6.05. The third kappa shape index (κ3) is 3.20. The maximum Gasteiger partial charge on any atom is 0.0670 e. The van der Waals surface area contributed by atoms with Crippen molar-refractivity contribution in [3.05, 3.63) is 0 Å². The number of hydrogen-bond acceptors (Lipinski definition) is 3. The van der Waals surface area contributed by atoms with Crippen molar-refractivity contribution in [1.82, 2.24) is 4.90 Å². The van der Waals surface area contributed by atoms with Crippen LogP contribution in [0.1, 0.15) is 65.7 Å². The van der Waals surface area contributed by atoms with Gasteiger partial charge in [-0.05, 0) is 52.0 Å². The molecule has 2 fully saturated rings. The van der Waals surface area contributed by atoms with Crippen LogP contribution in [0.25, 0.3) is 0 Å². The number of nitrogens with zero attached hydrogens (tertiary/aromatic N) is 1. The van der Waals surface area contributed by atoms with Gasteiger partial charge in [-0.2, -0.15) is 0 Å². The van der Waals surface area contributed by atoms with Crippen LogP contribution >= 0.6 is 0 Å². The van der Waals surface area contributed by atoms with Gasteiger partial charge in [-0.3, -0.25) is 4.90 Å². The molecule has 0 spiro atoms. The molecule has 0 radical (unpaired) electrons. The fourth-order valence-corrected chi connectivity index (χ4v) is 4.31. The zero-order valence-electron chi connectivity index (χ0n) is 14.0. The molecule has 2 aliphatic rings. The molecule has 20 heavy (non-hydrogen) atoms. The summed E-state index contributed by atoms with van der Waals surface area (Å²) in [7, 11) is 2.32. The molecule has 0 amide bonds. The fraction of sp³-hybridized carbons (Fsp3) is 1.00. The van der Waals surface area contributed by atoms with Crippen LogP contribution in [0.3, 0.4) is 0 Å². The van der Waals surface area contributed by atoms with Crippen molar-refractivity contribution < 1.29 is 4.74 Å². The Morgan fingerprint density at radius 3 is 2.70 bits per heavy atom. The molecule has 1 saturated carbocycles. The molecular weight excluding hydrogens is 248 g/mol. The molecule has 118 valence electrons. The van der Waals surface area contributed by atoms with Crippen LogP contribution in [0.2, 0.25) is 0 Å². The van der Waals surface area contributed by atoms with Crippen molar-refractivity contribution >= 4 is 0 Å². The highest BCUT2D eigenvalue weighted by Crippen LogP contribution is 2.40. The average Bonchev–Trinajstić information content (AvgIpc) is 2.46. The average molecular weight is 282 g/mol. The van der Waals surface area contributed by atoms with Crippen LogP contribution in [0.15, 0.2) is 0 Å². The van der Waals surface area contributed by atoms with E-state index in [2.05, 4.69) is 32.7 Å². The molecule has 1 heterocycles. The highest BCUT2D eigenvalue weighted by Gasteiger charge is 2.46. The quantitative estimate of drug-likeness (QED) is 0.860. The number of ether oxygens (including phenoxy) is 1. The van der Waals surface area contributed by atoms with E-state index < -0.39 is 0 Å². The first-order chi connectivity index (χ1) is 9.45. The number of rotatable bonds is 4. The normalized spacial score (nSPS) is 42.9. The third-order valence-corrected chi connectivity index (χ3v) is 6.05. The Balaban J connectivity index is 2.12. The first-order valence-electron chi connectivity index (χ1n) is 8.52. The van der Waals surface area contributed by atoms with Gasteiger partial charge >= 0.3 is 0 Å². The largest absolute Gasteiger partial charge is 0.375 e. The summed E-state index contributed by atoms with van der Waals surface area (Å²) >= 11 is 0. The Kier molecular flexibility index (Phi) is 5.14. The summed E-state index contributed by atoms with van der Waals surface area (Å²) in [4.78, 5) is 2.64. The molecule has 2 rings (SSSR count). The Labute approximate surface area is 125 Å². The van der Waals surface area contributed by atoms with Gasteiger partial charge in [0.1, 0.15) is 0 Å². The van der Waals surface area contributed by atoms with Crippen LogP contribution in [0, 0.1) is 5.92 Å². The van der Waals surface area contributed by atoms with Gasteiger partial charge in [-0.15, -0.1) is 0 Å². The van der Waals surface area contributed by atoms with Crippen LogP contribution < -0.4 is 5.73 Å². The lowest BCUT2D eigenvalue weighted by Gasteiger charge is -2.53. The molecule has 3 heteroatoms. The van der Waals surface area contributed by atoms with E-state index in [-0.39, 0.29) is 11.1 Å². The van der Waals surface area contributed by atoms with E-state index in [0.717, 1.165) is 38.3 Å². The van der Waals surface area contributed by atoms with Gasteiger partial charge in [0.05, 0.1) is 5.60 Å². The first kappa shape index (κ1) is 16.3. The Morgan fingerprint density at radius 2 is 2.10 bits per heavy atom. The molecule has 4 unspecified atom stereocenters. The molecule has 0 aromatic carbocycles. The lowest BCUT2D eigenvalue weighted by atomic mass is 9.75. The lowest BCUT2D eigenvalue weighted by Crippen LogP contribution is -2.62. The standard InChI is InChI=1S/C17H34N2O/c1-5-16(3)12-17(13-18,9-10-20-16)19(4)15-8-6-7-14(2)11-15/h14-15H,5-13,18H2,1-4H3. The molecule has 4 atom stereocenters. The minimum absolute atomic E-state index is 0.00611. The van der Waals surface area contributed by atoms with Crippen LogP contribution in [0.4, 0.5) is 0 Å². The minimum atomic E-state index is 0.00611. The van der Waals surface area contributed by atoms with Gasteiger partial charge in [0.25, 0.3) is 0 Å². The summed E-state index contributed by atoms with van der Waals surface area (Å²) in [5, 5.41) is 0. The topological polar surface area (TPSA) is 38.5 Å². The van der Waals surface area contributed by atoms with Gasteiger partial charge in [0, 0.05) is 24.7 Å². The zero-order valence-corrected chi connectivity index (χ0v) is 14.0. The molecule has 0 aromatic heterocycles. The second-order valence-electron chi connectivity index (χ2n) is 7.54. The molecular formula is C17H34N2O. The highest BCUT2D eigenvalue weighted by molar-refractivity contribution is 5.01. The fourth-order valence-electron chi connectivity index (χ4n) is 4.31. The molecule has 0 bridgehead atoms. The monoisotopic (exact) mass is 282 g/mol. The van der Waals surface area contributed by atoms with Crippen molar-refractivity contribution in [1.29, 1.82) is 0 Å². The summed E-state index contributed by atoms with van der Waals surface area (Å²) in [6.45, 7) is 8.50. The van der Waals surface area contributed by atoms with Crippen molar-refractivity contribution in [3.63, 3.8) is 0 Å². The summed E-state index contributed by atoms with van der Waals surface area (Å²) in [5.41, 5.74) is 6.41. The predicted octanol–water partition coefficient (Wildman–Crippen LogP) is 3.17. The zero-order chi connectivity index (χ0) is 14.8. The van der Waals surface area contributed by atoms with E-state index in [4.69, 9.17) is 10.5 Å². The van der Waals surface area contributed by atoms with E-state index in [1.54, 1.807) is 0 Å². The van der Waals surface area contributed by atoms with Crippen molar-refractivity contribution in [2.45, 2.75) is 82.9 Å². The lowest BCUT2D eigenvalue weighted by molar-refractivity contribution is -0.134. The van der Waals surface area contributed by atoms with Gasteiger partial charge in [-0.25, -0.2) is 0 Å². The summed E-state index contributed by atoms with van der Waals surface area (Å²) < 4.78 is 6.05. The Bertz CT molecular complexity index is 322. The molecule has 1 saturated heterocycles. The van der Waals surface area contributed by atoms with Crippen LogP contribution in [0.5, 0.6) is 0 Å². The van der Waals surface area contributed by atoms with Crippen molar-refractivity contribution in [2.75, 3.05) is 20.2 Å². The number of nitrogens with two attached hydrogens (primary N) is 1. The molecule has 2 N–H and O–H groups in total. The first-order valence-corrected chi connectivity index (χ1v) is 8.52. The summed E-state index contributed by atoms with van der Waals surface area (Å²) in [5.74, 6) is 0.864.